The van der Waals surface area contributed by atoms with Crippen LogP contribution in [0.1, 0.15) is 23.2 Å². The van der Waals surface area contributed by atoms with Crippen molar-refractivity contribution in [2.45, 2.75) is 30.6 Å². The summed E-state index contributed by atoms with van der Waals surface area (Å²) in [6, 6.07) is 0.324. The van der Waals surface area contributed by atoms with Gasteiger partial charge < -0.3 is 10.6 Å². The molecule has 1 unspecified atom stereocenters. The van der Waals surface area contributed by atoms with E-state index in [1.165, 1.54) is 6.20 Å². The van der Waals surface area contributed by atoms with Crippen LogP contribution in [-0.2, 0) is 6.54 Å². The second-order valence-electron chi connectivity index (χ2n) is 4.76. The van der Waals surface area contributed by atoms with Gasteiger partial charge >= 0.3 is 0 Å². The average Bonchev–Trinajstić information content (AvgIpc) is 3.07. The van der Waals surface area contributed by atoms with E-state index in [1.54, 1.807) is 16.3 Å². The molecule has 0 saturated carbocycles. The molecule has 1 amide bonds. The molecule has 3 rings (SSSR count). The summed E-state index contributed by atoms with van der Waals surface area (Å²) in [4.78, 5) is 28.3. The summed E-state index contributed by atoms with van der Waals surface area (Å²) < 4.78 is 1.58. The maximum atomic E-state index is 12.1. The molecular formula is C12H16N4O2S. The van der Waals surface area contributed by atoms with Crippen LogP contribution in [0.2, 0.25) is 0 Å². The first-order valence-electron chi connectivity index (χ1n) is 6.50. The van der Waals surface area contributed by atoms with Crippen LogP contribution in [0.4, 0.5) is 0 Å². The largest absolute Gasteiger partial charge is 0.350 e. The number of nitrogens with one attached hydrogen (secondary N) is 2. The Morgan fingerprint density at radius 3 is 3.32 bits per heavy atom. The second-order valence-corrected chi connectivity index (χ2v) is 5.83. The Morgan fingerprint density at radius 2 is 2.53 bits per heavy atom. The summed E-state index contributed by atoms with van der Waals surface area (Å²) in [5.74, 6) is 0.526. The molecule has 1 aromatic rings. The van der Waals surface area contributed by atoms with Gasteiger partial charge in [0.1, 0.15) is 5.56 Å². The van der Waals surface area contributed by atoms with Gasteiger partial charge in [0, 0.05) is 31.1 Å². The third-order valence-corrected chi connectivity index (χ3v) is 4.44. The molecule has 6 nitrogen and oxygen atoms in total. The Balaban J connectivity index is 1.71. The predicted octanol–water partition coefficient (Wildman–Crippen LogP) is -0.169. The molecule has 1 saturated heterocycles. The minimum atomic E-state index is -0.321. The summed E-state index contributed by atoms with van der Waals surface area (Å²) in [5.41, 5.74) is -0.0869. The normalized spacial score (nSPS) is 21.4. The Bertz CT molecular complexity index is 551. The zero-order valence-electron chi connectivity index (χ0n) is 10.5. The van der Waals surface area contributed by atoms with Gasteiger partial charge in [-0.25, -0.2) is 4.98 Å². The summed E-state index contributed by atoms with van der Waals surface area (Å²) in [6.07, 6.45) is 3.60. The first-order valence-corrected chi connectivity index (χ1v) is 7.48. The summed E-state index contributed by atoms with van der Waals surface area (Å²) in [5, 5.41) is 6.82. The Hall–Kier alpha value is -1.34. The number of thioether (sulfide) groups is 1. The van der Waals surface area contributed by atoms with Crippen LogP contribution >= 0.6 is 11.8 Å². The number of carbonyl (C=O) groups is 1. The van der Waals surface area contributed by atoms with Crippen molar-refractivity contribution in [2.24, 2.45) is 0 Å². The molecule has 1 fully saturated rings. The average molecular weight is 280 g/mol. The summed E-state index contributed by atoms with van der Waals surface area (Å²) in [6.45, 7) is 2.20. The van der Waals surface area contributed by atoms with Gasteiger partial charge in [-0.15, -0.1) is 0 Å². The van der Waals surface area contributed by atoms with Crippen molar-refractivity contribution in [1.82, 2.24) is 20.2 Å². The first-order chi connectivity index (χ1) is 9.25. The first kappa shape index (κ1) is 12.7. The molecule has 2 N–H and O–H groups in total. The molecule has 3 heterocycles. The highest BCUT2D eigenvalue weighted by molar-refractivity contribution is 7.99. The van der Waals surface area contributed by atoms with Crippen LogP contribution < -0.4 is 16.2 Å². The van der Waals surface area contributed by atoms with Gasteiger partial charge in [-0.2, -0.15) is 0 Å². The van der Waals surface area contributed by atoms with E-state index >= 15 is 0 Å². The molecule has 19 heavy (non-hydrogen) atoms. The number of hydrogen-bond acceptors (Lipinski definition) is 5. The zero-order chi connectivity index (χ0) is 13.2. The number of rotatable bonds is 3. The van der Waals surface area contributed by atoms with E-state index in [9.17, 15) is 9.59 Å². The third-order valence-electron chi connectivity index (χ3n) is 3.47. The monoisotopic (exact) mass is 280 g/mol. The molecule has 0 bridgehead atoms. The van der Waals surface area contributed by atoms with E-state index in [0.717, 1.165) is 25.1 Å². The fraction of sp³-hybridized carbons (Fsp3) is 0.583. The Kier molecular flexibility index (Phi) is 3.56. The van der Waals surface area contributed by atoms with E-state index in [1.807, 2.05) is 0 Å². The highest BCUT2D eigenvalue weighted by atomic mass is 32.2. The topological polar surface area (TPSA) is 76.0 Å². The highest BCUT2D eigenvalue weighted by Crippen LogP contribution is 2.20. The van der Waals surface area contributed by atoms with Crippen molar-refractivity contribution in [3.05, 3.63) is 22.1 Å². The summed E-state index contributed by atoms with van der Waals surface area (Å²) in [7, 11) is 0. The second kappa shape index (κ2) is 5.34. The number of nitrogens with zero attached hydrogens (tertiary/aromatic N) is 2. The lowest BCUT2D eigenvalue weighted by Gasteiger charge is -2.11. The van der Waals surface area contributed by atoms with Gasteiger partial charge in [0.25, 0.3) is 11.5 Å². The zero-order valence-corrected chi connectivity index (χ0v) is 11.3. The van der Waals surface area contributed by atoms with Crippen LogP contribution in [-0.4, -0.2) is 40.3 Å². The third kappa shape index (κ3) is 2.52. The number of carbonyl (C=O) groups excluding carboxylic acids is 1. The van der Waals surface area contributed by atoms with Crippen molar-refractivity contribution in [3.8, 4) is 0 Å². The van der Waals surface area contributed by atoms with Crippen LogP contribution in [0.15, 0.2) is 16.1 Å². The number of hydrogen-bond donors (Lipinski definition) is 2. The number of aromatic nitrogens is 2. The molecule has 7 heteroatoms. The number of amides is 1. The maximum absolute atomic E-state index is 12.1. The van der Waals surface area contributed by atoms with Gasteiger partial charge in [-0.05, 0) is 19.4 Å². The maximum Gasteiger partial charge on any atom is 0.267 e. The van der Waals surface area contributed by atoms with Crippen LogP contribution in [0.3, 0.4) is 0 Å². The molecule has 0 radical (unpaired) electrons. The fourth-order valence-corrected chi connectivity index (χ4v) is 3.33. The van der Waals surface area contributed by atoms with Crippen molar-refractivity contribution in [3.63, 3.8) is 0 Å². The van der Waals surface area contributed by atoms with Crippen molar-refractivity contribution in [1.29, 1.82) is 0 Å². The van der Waals surface area contributed by atoms with Gasteiger partial charge in [0.05, 0.1) is 0 Å². The van der Waals surface area contributed by atoms with Gasteiger partial charge in [0.15, 0.2) is 5.16 Å². The molecule has 0 aliphatic carbocycles. The standard InChI is InChI=1S/C12H16N4O2S/c17-10(14-6-8-2-1-3-13-8)9-7-15-12-16(11(9)18)4-5-19-12/h7-8,13H,1-6H2,(H,14,17). The fourth-order valence-electron chi connectivity index (χ4n) is 2.42. The van der Waals surface area contributed by atoms with E-state index in [-0.39, 0.29) is 17.0 Å². The molecule has 0 aromatic carbocycles. The minimum Gasteiger partial charge on any atom is -0.350 e. The SMILES string of the molecule is O=C(NCC1CCCN1)c1cnc2n(c1=O)CCS2. The molecule has 2 aliphatic heterocycles. The smallest absolute Gasteiger partial charge is 0.267 e. The van der Waals surface area contributed by atoms with E-state index in [2.05, 4.69) is 15.6 Å². The van der Waals surface area contributed by atoms with Gasteiger partial charge in [-0.3, -0.25) is 14.2 Å². The molecule has 1 aromatic heterocycles. The molecule has 102 valence electrons. The van der Waals surface area contributed by atoms with Crippen molar-refractivity contribution in [2.75, 3.05) is 18.8 Å². The van der Waals surface area contributed by atoms with Crippen molar-refractivity contribution >= 4 is 17.7 Å². The van der Waals surface area contributed by atoms with E-state index < -0.39 is 0 Å². The lowest BCUT2D eigenvalue weighted by molar-refractivity contribution is 0.0947. The van der Waals surface area contributed by atoms with Gasteiger partial charge in [0.2, 0.25) is 0 Å². The van der Waals surface area contributed by atoms with Gasteiger partial charge in [-0.1, -0.05) is 11.8 Å². The molecule has 2 aliphatic rings. The lowest BCUT2D eigenvalue weighted by Crippen LogP contribution is -2.40. The quantitative estimate of drug-likeness (QED) is 0.752. The van der Waals surface area contributed by atoms with Crippen LogP contribution in [0, 0.1) is 0 Å². The molecular weight excluding hydrogens is 264 g/mol. The Morgan fingerprint density at radius 1 is 1.63 bits per heavy atom. The predicted molar refractivity (Wildman–Crippen MR) is 72.6 cm³/mol. The lowest BCUT2D eigenvalue weighted by atomic mass is 10.2. The summed E-state index contributed by atoms with van der Waals surface area (Å²) >= 11 is 1.55. The minimum absolute atomic E-state index is 0.143. The van der Waals surface area contributed by atoms with E-state index in [4.69, 9.17) is 0 Å². The Labute approximate surface area is 115 Å². The van der Waals surface area contributed by atoms with E-state index in [0.29, 0.717) is 24.3 Å². The van der Waals surface area contributed by atoms with Crippen molar-refractivity contribution < 1.29 is 4.79 Å². The highest BCUT2D eigenvalue weighted by Gasteiger charge is 2.21. The number of fused-ring (bicyclic) bond motifs is 1. The van der Waals surface area contributed by atoms with Crippen LogP contribution in [0.25, 0.3) is 0 Å². The molecule has 1 atom stereocenters. The van der Waals surface area contributed by atoms with Crippen LogP contribution in [0.5, 0.6) is 0 Å². The molecule has 0 spiro atoms.